The predicted molar refractivity (Wildman–Crippen MR) is 113 cm³/mol. The van der Waals surface area contributed by atoms with Gasteiger partial charge in [0, 0.05) is 57.7 Å². The van der Waals surface area contributed by atoms with E-state index in [-0.39, 0.29) is 53.7 Å². The van der Waals surface area contributed by atoms with Crippen LogP contribution in [0, 0.1) is 11.7 Å². The number of hydrogen-bond acceptors (Lipinski definition) is 6. The zero-order valence-corrected chi connectivity index (χ0v) is 19.0. The molecule has 2 aliphatic heterocycles. The van der Waals surface area contributed by atoms with Gasteiger partial charge in [0.05, 0.1) is 11.4 Å². The molecule has 0 saturated carbocycles. The minimum atomic E-state index is -3.07. The maximum atomic E-state index is 15.1. The van der Waals surface area contributed by atoms with Gasteiger partial charge in [-0.1, -0.05) is 0 Å². The molecule has 2 aromatic rings. The maximum absolute atomic E-state index is 15.1. The first kappa shape index (κ1) is 23.0. The van der Waals surface area contributed by atoms with E-state index in [1.807, 2.05) is 0 Å². The van der Waals surface area contributed by atoms with Gasteiger partial charge in [-0.15, -0.1) is 0 Å². The Morgan fingerprint density at radius 1 is 1.47 bits per heavy atom. The minimum absolute atomic E-state index is 0.00560. The van der Waals surface area contributed by atoms with Crippen LogP contribution in [0.5, 0.6) is 0 Å². The highest BCUT2D eigenvalue weighted by molar-refractivity contribution is 9.10. The topological polar surface area (TPSA) is 95.3 Å². The van der Waals surface area contributed by atoms with Gasteiger partial charge in [0.2, 0.25) is 5.91 Å². The van der Waals surface area contributed by atoms with E-state index in [4.69, 9.17) is 0 Å². The quantitative estimate of drug-likeness (QED) is 0.417. The van der Waals surface area contributed by atoms with Gasteiger partial charge in [-0.3, -0.25) is 14.4 Å². The molecule has 1 amide bonds. The number of rotatable bonds is 5. The second-order valence-electron chi connectivity index (χ2n) is 8.20. The maximum Gasteiger partial charge on any atom is 0.289 e. The smallest absolute Gasteiger partial charge is 0.289 e. The number of pyridine rings is 1. The van der Waals surface area contributed by atoms with Crippen LogP contribution in [0.25, 0.3) is 0 Å². The molecule has 0 radical (unpaired) electrons. The molecule has 4 heterocycles. The van der Waals surface area contributed by atoms with Crippen LogP contribution in [0.1, 0.15) is 36.7 Å². The number of carbonyl (C=O) groups excluding carboxylic acids is 1. The third-order valence-corrected chi connectivity index (χ3v) is 6.44. The monoisotopic (exact) mass is 516 g/mol. The van der Waals surface area contributed by atoms with Crippen molar-refractivity contribution in [2.24, 2.45) is 5.92 Å². The number of aliphatic hydroxyl groups is 1. The van der Waals surface area contributed by atoms with Gasteiger partial charge in [-0.25, -0.2) is 9.37 Å². The second-order valence-corrected chi connectivity index (χ2v) is 8.96. The van der Waals surface area contributed by atoms with Crippen LogP contribution >= 0.6 is 15.9 Å². The lowest BCUT2D eigenvalue weighted by atomic mass is 9.98. The number of amides is 1. The lowest BCUT2D eigenvalue weighted by Gasteiger charge is -2.32. The van der Waals surface area contributed by atoms with Crippen LogP contribution in [0.15, 0.2) is 16.9 Å². The Bertz CT molecular complexity index is 1020. The van der Waals surface area contributed by atoms with E-state index >= 15 is 8.78 Å². The third-order valence-electron chi connectivity index (χ3n) is 5.89. The molecule has 0 aliphatic carbocycles. The van der Waals surface area contributed by atoms with Crippen molar-refractivity contribution in [3.05, 3.63) is 39.6 Å². The molecular weight excluding hydrogens is 493 g/mol. The number of aliphatic hydroxyl groups excluding tert-OH is 1. The normalized spacial score (nSPS) is 21.2. The van der Waals surface area contributed by atoms with Crippen LogP contribution in [-0.2, 0) is 30.2 Å². The van der Waals surface area contributed by atoms with Gasteiger partial charge in [-0.05, 0) is 34.3 Å². The molecule has 0 bridgehead atoms. The summed E-state index contributed by atoms with van der Waals surface area (Å²) in [6, 6.07) is 1.38. The summed E-state index contributed by atoms with van der Waals surface area (Å²) in [5, 5.41) is 20.4. The van der Waals surface area contributed by atoms with Crippen LogP contribution in [0.2, 0.25) is 0 Å². The molecule has 2 aliphatic rings. The van der Waals surface area contributed by atoms with E-state index in [9.17, 15) is 14.3 Å². The number of aromatic nitrogens is 3. The van der Waals surface area contributed by atoms with Crippen molar-refractivity contribution in [2.45, 2.75) is 51.6 Å². The largest absolute Gasteiger partial charge is 0.361 e. The van der Waals surface area contributed by atoms with E-state index in [0.717, 1.165) is 0 Å². The van der Waals surface area contributed by atoms with Gasteiger partial charge in [-0.2, -0.15) is 13.9 Å². The fraction of sp³-hybridized carbons (Fsp3) is 0.550. The number of nitrogens with one attached hydrogen (secondary N) is 2. The summed E-state index contributed by atoms with van der Waals surface area (Å²) in [5.74, 6) is -4.07. The average Bonchev–Trinajstić information content (AvgIpc) is 3.05. The van der Waals surface area contributed by atoms with E-state index in [0.29, 0.717) is 30.8 Å². The summed E-state index contributed by atoms with van der Waals surface area (Å²) < 4.78 is 45.8. The Kier molecular flexibility index (Phi) is 6.46. The third kappa shape index (κ3) is 4.62. The van der Waals surface area contributed by atoms with Crippen LogP contribution in [0.4, 0.5) is 18.9 Å². The summed E-state index contributed by atoms with van der Waals surface area (Å²) in [4.78, 5) is 16.6. The van der Waals surface area contributed by atoms with Crippen molar-refractivity contribution in [2.75, 3.05) is 18.4 Å². The van der Waals surface area contributed by atoms with Crippen LogP contribution in [-0.4, -0.2) is 50.1 Å². The Balaban J connectivity index is 1.55. The lowest BCUT2D eigenvalue weighted by molar-refractivity contribution is -0.119. The molecule has 8 nitrogen and oxygen atoms in total. The highest BCUT2D eigenvalue weighted by Crippen LogP contribution is 2.41. The minimum Gasteiger partial charge on any atom is -0.361 e. The van der Waals surface area contributed by atoms with Gasteiger partial charge >= 0.3 is 0 Å². The zero-order chi connectivity index (χ0) is 23.0. The number of anilines is 1. The summed E-state index contributed by atoms with van der Waals surface area (Å²) in [5.41, 5.74) is 0.900. The molecule has 3 N–H and O–H groups in total. The Hall–Kier alpha value is -2.18. The molecule has 2 unspecified atom stereocenters. The van der Waals surface area contributed by atoms with Gasteiger partial charge in [0.25, 0.3) is 5.92 Å². The number of nitrogens with zero attached hydrogens (tertiary/aromatic N) is 4. The van der Waals surface area contributed by atoms with Gasteiger partial charge in [0.15, 0.2) is 12.2 Å². The number of carbonyl (C=O) groups is 1. The molecule has 0 spiro atoms. The molecule has 0 saturated heterocycles. The van der Waals surface area contributed by atoms with Crippen molar-refractivity contribution < 1.29 is 23.1 Å². The molecule has 4 rings (SSSR count). The van der Waals surface area contributed by atoms with Crippen molar-refractivity contribution in [1.82, 2.24) is 25.0 Å². The van der Waals surface area contributed by atoms with E-state index in [1.165, 1.54) is 23.9 Å². The summed E-state index contributed by atoms with van der Waals surface area (Å²) in [6.45, 7) is 2.42. The standard InChI is InChI=1S/C20H24BrF3N6O2/c1-11(31)26-8-12-2-5-20(23,24)17-13-10-29(7-4-14(13)28-30(17)9-12)19(32)27-15-3-6-25-18(21)16(15)22/h3,6,12,19,32H,2,4-5,7-10H2,1H3,(H,25,27)(H,26,31). The SMILES string of the molecule is CC(=O)NCC1CCC(F)(F)c2c3c(nn2C1)CCN(C(O)Nc1ccnc(Br)c1F)C3. The predicted octanol–water partition coefficient (Wildman–Crippen LogP) is 2.56. The number of fused-ring (bicyclic) bond motifs is 3. The average molecular weight is 517 g/mol. The molecule has 12 heteroatoms. The highest BCUT2D eigenvalue weighted by Gasteiger charge is 2.43. The fourth-order valence-electron chi connectivity index (χ4n) is 4.25. The van der Waals surface area contributed by atoms with Crippen molar-refractivity contribution >= 4 is 27.5 Å². The Morgan fingerprint density at radius 2 is 2.25 bits per heavy atom. The molecular formula is C20H24BrF3N6O2. The lowest BCUT2D eigenvalue weighted by Crippen LogP contribution is -2.44. The first-order chi connectivity index (χ1) is 15.2. The van der Waals surface area contributed by atoms with Gasteiger partial charge in [0.1, 0.15) is 10.3 Å². The molecule has 174 valence electrons. The van der Waals surface area contributed by atoms with E-state index in [1.54, 1.807) is 4.90 Å². The van der Waals surface area contributed by atoms with Crippen molar-refractivity contribution in [1.29, 1.82) is 0 Å². The molecule has 32 heavy (non-hydrogen) atoms. The van der Waals surface area contributed by atoms with Gasteiger partial charge < -0.3 is 15.7 Å². The van der Waals surface area contributed by atoms with Crippen molar-refractivity contribution in [3.63, 3.8) is 0 Å². The first-order valence-corrected chi connectivity index (χ1v) is 11.1. The number of alkyl halides is 2. The fourth-order valence-corrected chi connectivity index (χ4v) is 4.58. The van der Waals surface area contributed by atoms with Crippen LogP contribution in [0.3, 0.4) is 0 Å². The molecule has 2 aromatic heterocycles. The summed E-state index contributed by atoms with van der Waals surface area (Å²) >= 11 is 2.99. The second kappa shape index (κ2) is 8.99. The van der Waals surface area contributed by atoms with Crippen molar-refractivity contribution in [3.8, 4) is 0 Å². The zero-order valence-electron chi connectivity index (χ0n) is 17.4. The Labute approximate surface area is 191 Å². The van der Waals surface area contributed by atoms with Crippen LogP contribution < -0.4 is 10.6 Å². The molecule has 2 atom stereocenters. The summed E-state index contributed by atoms with van der Waals surface area (Å²) in [6.07, 6.45) is 0.395. The number of hydrogen-bond donors (Lipinski definition) is 3. The summed E-state index contributed by atoms with van der Waals surface area (Å²) in [7, 11) is 0. The molecule has 0 fully saturated rings. The Morgan fingerprint density at radius 3 is 3.00 bits per heavy atom. The molecule has 0 aromatic carbocycles. The van der Waals surface area contributed by atoms with E-state index in [2.05, 4.69) is 36.6 Å². The number of halogens is 4. The highest BCUT2D eigenvalue weighted by atomic mass is 79.9. The first-order valence-electron chi connectivity index (χ1n) is 10.4. The van der Waals surface area contributed by atoms with E-state index < -0.39 is 18.1 Å².